The molecule has 9 aromatic rings. The molecule has 3 heterocycles. The lowest BCUT2D eigenvalue weighted by molar-refractivity contribution is 0.100. The van der Waals surface area contributed by atoms with Gasteiger partial charge in [-0.1, -0.05) is 124 Å². The van der Waals surface area contributed by atoms with Crippen LogP contribution in [0.4, 0.5) is 51.2 Å². The van der Waals surface area contributed by atoms with Gasteiger partial charge in [0.05, 0.1) is 16.3 Å². The van der Waals surface area contributed by atoms with Gasteiger partial charge in [0.1, 0.15) is 56.1 Å². The molecule has 3 unspecified atom stereocenters. The molecule has 3 atom stereocenters. The number of unbranched alkanes of at least 4 members (excludes halogenated alkanes) is 3. The molecule has 0 radical (unpaired) electrons. The highest BCUT2D eigenvalue weighted by Crippen LogP contribution is 2.36. The van der Waals surface area contributed by atoms with E-state index in [4.69, 9.17) is 0 Å². The number of aromatic nitrogens is 3. The Morgan fingerprint density at radius 1 is 0.426 bits per heavy atom. The zero-order valence-corrected chi connectivity index (χ0v) is 73.1. The van der Waals surface area contributed by atoms with Crippen molar-refractivity contribution in [2.75, 3.05) is 20.3 Å². The van der Waals surface area contributed by atoms with Crippen LogP contribution in [-0.2, 0) is 49.7 Å². The van der Waals surface area contributed by atoms with Crippen molar-refractivity contribution in [3.05, 3.63) is 227 Å². The largest absolute Gasteiger partial charge is 0.493 e. The van der Waals surface area contributed by atoms with Gasteiger partial charge in [-0.3, -0.25) is 56.2 Å². The van der Waals surface area contributed by atoms with Crippen LogP contribution in [0.3, 0.4) is 0 Å². The fraction of sp³-hybridized carbons (Fsp3) is 0.360. The van der Waals surface area contributed by atoms with E-state index >= 15 is 0 Å². The Labute approximate surface area is 711 Å². The molecule has 0 bridgehead atoms. The third-order valence-corrected chi connectivity index (χ3v) is 25.5. The Morgan fingerprint density at radius 2 is 0.730 bits per heavy atom. The molecular formula is C89H103N15O15S3. The van der Waals surface area contributed by atoms with Crippen molar-refractivity contribution in [1.29, 1.82) is 15.8 Å². The quantitative estimate of drug-likeness (QED) is 0.0178. The molecule has 33 heteroatoms. The predicted molar refractivity (Wildman–Crippen MR) is 468 cm³/mol. The maximum absolute atomic E-state index is 13.4. The lowest BCUT2D eigenvalue weighted by Crippen LogP contribution is -2.30. The smallest absolute Gasteiger partial charge is 0.281 e. The molecular weight excluding hydrogens is 1620 g/mol. The summed E-state index contributed by atoms with van der Waals surface area (Å²) < 4.78 is 89.2. The number of nitrogens with zero attached hydrogens (tertiary/aromatic N) is 13. The first-order valence-electron chi connectivity index (χ1n) is 40.1. The average molecular weight is 1720 g/mol. The molecule has 0 amide bonds. The van der Waals surface area contributed by atoms with Crippen LogP contribution in [0, 0.1) is 72.5 Å². The summed E-state index contributed by atoms with van der Waals surface area (Å²) in [6.45, 7) is 23.6. The van der Waals surface area contributed by atoms with Gasteiger partial charge in [0.15, 0.2) is 34.4 Å². The summed E-state index contributed by atoms with van der Waals surface area (Å²) in [5.41, 5.74) is 0.721. The third kappa shape index (κ3) is 24.0. The van der Waals surface area contributed by atoms with Crippen molar-refractivity contribution in [2.45, 2.75) is 201 Å². The second kappa shape index (κ2) is 44.4. The Hall–Kier alpha value is -12.9. The molecule has 642 valence electrons. The van der Waals surface area contributed by atoms with E-state index in [0.717, 1.165) is 86.2 Å². The number of nitriles is 3. The van der Waals surface area contributed by atoms with Crippen LogP contribution in [0.2, 0.25) is 0 Å². The zero-order valence-electron chi connectivity index (χ0n) is 70.7. The Bertz CT molecular complexity index is 5820. The molecule has 0 aliphatic carbocycles. The van der Waals surface area contributed by atoms with Crippen LogP contribution in [0.15, 0.2) is 205 Å². The number of rotatable bonds is 37. The second-order valence-electron chi connectivity index (χ2n) is 29.1. The van der Waals surface area contributed by atoms with Crippen molar-refractivity contribution in [1.82, 2.24) is 13.7 Å². The Morgan fingerprint density at radius 3 is 1.02 bits per heavy atom. The van der Waals surface area contributed by atoms with Gasteiger partial charge in [0.25, 0.3) is 46.7 Å². The minimum absolute atomic E-state index is 0.0262. The van der Waals surface area contributed by atoms with Gasteiger partial charge in [0, 0.05) is 70.9 Å². The molecule has 0 spiro atoms. The molecule has 0 fully saturated rings. The summed E-state index contributed by atoms with van der Waals surface area (Å²) >= 11 is 0. The normalized spacial score (nSPS) is 12.3. The molecule has 9 rings (SSSR count). The molecule has 0 saturated carbocycles. The lowest BCUT2D eigenvalue weighted by atomic mass is 9.99. The maximum Gasteiger partial charge on any atom is 0.281 e. The first-order valence-corrected chi connectivity index (χ1v) is 44.5. The summed E-state index contributed by atoms with van der Waals surface area (Å²) in [4.78, 5) is 74.5. The van der Waals surface area contributed by atoms with Crippen LogP contribution in [0.25, 0.3) is 0 Å². The standard InChI is InChI=1S/C31H37N5O5S.2C29H33N5O5S/c1-6-9-10-23(7-2)20-35-30(38)28(19-32)21(4)29(31(35)39)34-33-25-13-17-27(18-14-25)42(40,41)36(8-3)26-15-11-24(12-16-26)22(5)37;2*1-5-7-10-21(6-2)18-34-28(36)24(17-30)19(3)27(29(34)37)32-31-25-11-8-9-12-26(25)40(38,39)33-23-15-13-22(14-16-23)20(4)35/h11-18,23,38H,6-10,20H2,1-5H3;2*8-9,11-16,21,33,36H,5-7,10,18H2,1-4H3. The number of nitrogens with one attached hydrogen (secondary N) is 2. The fourth-order valence-corrected chi connectivity index (χ4v) is 17.1. The molecule has 30 nitrogen and oxygen atoms in total. The van der Waals surface area contributed by atoms with Crippen molar-refractivity contribution < 1.29 is 55.0 Å². The average Bonchev–Trinajstić information content (AvgIpc) is 0.769. The molecule has 6 aromatic carbocycles. The van der Waals surface area contributed by atoms with Crippen LogP contribution in [0.1, 0.15) is 211 Å². The number of carbonyl (C=O) groups excluding carboxylic acids is 3. The summed E-state index contributed by atoms with van der Waals surface area (Å²) in [6, 6.07) is 41.7. The number of hydrogen-bond donors (Lipinski definition) is 5. The molecule has 3 aromatic heterocycles. The van der Waals surface area contributed by atoms with Gasteiger partial charge >= 0.3 is 0 Å². The highest BCUT2D eigenvalue weighted by atomic mass is 32.2. The highest BCUT2D eigenvalue weighted by molar-refractivity contribution is 7.93. The van der Waals surface area contributed by atoms with E-state index in [-0.39, 0.29) is 155 Å². The van der Waals surface area contributed by atoms with Gasteiger partial charge in [-0.05, 0) is 207 Å². The number of aromatic hydroxyl groups is 3. The molecule has 0 saturated heterocycles. The van der Waals surface area contributed by atoms with E-state index in [1.165, 1.54) is 160 Å². The second-order valence-corrected chi connectivity index (χ2v) is 34.3. The predicted octanol–water partition coefficient (Wildman–Crippen LogP) is 19.5. The molecule has 0 aliphatic heterocycles. The van der Waals surface area contributed by atoms with Gasteiger partial charge in [-0.15, -0.1) is 25.6 Å². The highest BCUT2D eigenvalue weighted by Gasteiger charge is 2.29. The number of ketones is 3. The molecule has 5 N–H and O–H groups in total. The van der Waals surface area contributed by atoms with Crippen LogP contribution < -0.4 is 30.4 Å². The summed E-state index contributed by atoms with van der Waals surface area (Å²) in [5, 5.41) is 85.9. The van der Waals surface area contributed by atoms with E-state index < -0.39 is 58.5 Å². The number of hydrogen-bond acceptors (Lipinski definition) is 24. The number of azo groups is 3. The zero-order chi connectivity index (χ0) is 89.9. The van der Waals surface area contributed by atoms with Crippen LogP contribution in [-0.4, -0.2) is 78.2 Å². The summed E-state index contributed by atoms with van der Waals surface area (Å²) in [5.74, 6) is -1.22. The Kier molecular flexibility index (Phi) is 35.0. The number of Topliss-reactive ketones (excluding diaryl/α,β-unsaturated/α-hetero) is 3. The number of sulfonamides is 3. The fourth-order valence-electron chi connectivity index (χ4n) is 13.2. The van der Waals surface area contributed by atoms with E-state index in [1.807, 2.05) is 39.0 Å². The van der Waals surface area contributed by atoms with Gasteiger partial charge in [0.2, 0.25) is 17.6 Å². The minimum atomic E-state index is -4.12. The number of anilines is 3. The molecule has 122 heavy (non-hydrogen) atoms. The van der Waals surface area contributed by atoms with Crippen LogP contribution >= 0.6 is 0 Å². The topological polar surface area (TPSA) is 453 Å². The minimum Gasteiger partial charge on any atom is -0.493 e. The van der Waals surface area contributed by atoms with Crippen molar-refractivity contribution in [2.24, 2.45) is 48.4 Å². The number of benzene rings is 6. The maximum atomic E-state index is 13.4. The van der Waals surface area contributed by atoms with Crippen molar-refractivity contribution in [3.63, 3.8) is 0 Å². The molecule has 0 aliphatic rings. The van der Waals surface area contributed by atoms with Crippen molar-refractivity contribution in [3.8, 4) is 35.8 Å². The van der Waals surface area contributed by atoms with E-state index in [2.05, 4.69) is 60.9 Å². The third-order valence-electron chi connectivity index (χ3n) is 20.7. The SMILES string of the molecule is CCCCC(CC)Cn1c(O)c(C#N)c(C)c(N=Nc2ccc(S(=O)(=O)N(CC)c3ccc(C(C)=O)cc3)cc2)c1=O.CCCCC(CC)Cn1c(O)c(C#N)c(C)c(N=Nc2ccccc2S(=O)(=O)Nc2ccc(C(C)=O)cc2)c1=O.CCCCC(CC)Cn1c(O)c(C#N)c(C)c(N=Nc2ccccc2S(=O)(=O)Nc2ccc(C(C)=O)cc2)c1=O. The summed E-state index contributed by atoms with van der Waals surface area (Å²) in [7, 11) is -12.2. The van der Waals surface area contributed by atoms with Gasteiger partial charge < -0.3 is 15.3 Å². The Balaban J connectivity index is 0.000000252. The first-order chi connectivity index (χ1) is 58.1. The van der Waals surface area contributed by atoms with Gasteiger partial charge in [-0.25, -0.2) is 25.3 Å². The van der Waals surface area contributed by atoms with E-state index in [0.29, 0.717) is 28.1 Å². The number of carbonyl (C=O) groups is 3. The van der Waals surface area contributed by atoms with E-state index in [1.54, 1.807) is 43.3 Å². The number of pyridine rings is 3. The first kappa shape index (κ1) is 96.2. The lowest BCUT2D eigenvalue weighted by Gasteiger charge is -2.23. The van der Waals surface area contributed by atoms with E-state index in [9.17, 15) is 85.1 Å². The van der Waals surface area contributed by atoms with Crippen molar-refractivity contribution >= 4 is 98.6 Å². The monoisotopic (exact) mass is 1720 g/mol. The van der Waals surface area contributed by atoms with Crippen LogP contribution in [0.5, 0.6) is 17.6 Å². The van der Waals surface area contributed by atoms with Gasteiger partial charge in [-0.2, -0.15) is 20.9 Å². The summed E-state index contributed by atoms with van der Waals surface area (Å²) in [6.07, 6.45) is 10.9.